The summed E-state index contributed by atoms with van der Waals surface area (Å²) in [6.45, 7) is 4.52. The summed E-state index contributed by atoms with van der Waals surface area (Å²) in [5.74, 6) is 0.915. The maximum Gasteiger partial charge on any atom is 0.282 e. The number of aryl methyl sites for hydroxylation is 2. The highest BCUT2D eigenvalue weighted by atomic mass is 32.2. The first-order valence-electron chi connectivity index (χ1n) is 5.76. The molecule has 104 valence electrons. The molecule has 2 aromatic heterocycles. The number of aromatic amines is 1. The highest BCUT2D eigenvalue weighted by Gasteiger charge is 2.20. The van der Waals surface area contributed by atoms with Crippen LogP contribution in [0.15, 0.2) is 17.4 Å². The van der Waals surface area contributed by atoms with Crippen molar-refractivity contribution in [3.63, 3.8) is 0 Å². The van der Waals surface area contributed by atoms with Crippen LogP contribution in [0.1, 0.15) is 18.3 Å². The predicted molar refractivity (Wildman–Crippen MR) is 69.9 cm³/mol. The minimum absolute atomic E-state index is 0.0237. The van der Waals surface area contributed by atoms with E-state index in [9.17, 15) is 8.42 Å². The number of nitrogens with zero attached hydrogens (tertiary/aromatic N) is 3. The third kappa shape index (κ3) is 2.61. The van der Waals surface area contributed by atoms with Gasteiger partial charge in [0, 0.05) is 24.8 Å². The Balaban J connectivity index is 2.32. The van der Waals surface area contributed by atoms with Crippen molar-refractivity contribution in [3.8, 4) is 0 Å². The van der Waals surface area contributed by atoms with Gasteiger partial charge in [0.05, 0.1) is 6.20 Å². The molecule has 0 amide bonds. The molecule has 19 heavy (non-hydrogen) atoms. The van der Waals surface area contributed by atoms with Crippen molar-refractivity contribution in [1.82, 2.24) is 19.7 Å². The minimum atomic E-state index is -3.74. The van der Waals surface area contributed by atoms with Crippen molar-refractivity contribution in [3.05, 3.63) is 23.8 Å². The molecule has 0 fully saturated rings. The molecule has 0 bridgehead atoms. The molecule has 0 unspecified atom stereocenters. The molecular weight excluding hydrogens is 268 g/mol. The van der Waals surface area contributed by atoms with Gasteiger partial charge in [-0.3, -0.25) is 9.82 Å². The molecule has 8 nitrogen and oxygen atoms in total. The summed E-state index contributed by atoms with van der Waals surface area (Å²) in [4.78, 5) is 4.04. The van der Waals surface area contributed by atoms with Crippen molar-refractivity contribution in [2.75, 3.05) is 4.72 Å². The lowest BCUT2D eigenvalue weighted by atomic mass is 10.3. The molecule has 0 atom stereocenters. The van der Waals surface area contributed by atoms with Crippen LogP contribution in [-0.4, -0.2) is 28.2 Å². The highest BCUT2D eigenvalue weighted by molar-refractivity contribution is 7.92. The van der Waals surface area contributed by atoms with Crippen molar-refractivity contribution < 1.29 is 8.42 Å². The lowest BCUT2D eigenvalue weighted by Crippen LogP contribution is -2.15. The number of hydrogen-bond acceptors (Lipinski definition) is 5. The summed E-state index contributed by atoms with van der Waals surface area (Å²) < 4.78 is 28.5. The van der Waals surface area contributed by atoms with Gasteiger partial charge in [0.15, 0.2) is 5.03 Å². The molecule has 0 aliphatic heterocycles. The van der Waals surface area contributed by atoms with E-state index in [2.05, 4.69) is 19.9 Å². The second-order valence-electron chi connectivity index (χ2n) is 3.99. The first-order valence-corrected chi connectivity index (χ1v) is 7.25. The molecule has 2 rings (SSSR count). The topological polar surface area (TPSA) is 119 Å². The van der Waals surface area contributed by atoms with Crippen LogP contribution in [-0.2, 0) is 23.1 Å². The second kappa shape index (κ2) is 5.02. The molecule has 4 N–H and O–H groups in total. The van der Waals surface area contributed by atoms with Crippen LogP contribution in [0.3, 0.4) is 0 Å². The number of anilines is 1. The van der Waals surface area contributed by atoms with Gasteiger partial charge in [-0.2, -0.15) is 13.5 Å². The number of nitrogens with one attached hydrogen (secondary N) is 2. The molecule has 9 heteroatoms. The Bertz CT molecular complexity index is 672. The molecule has 0 aromatic carbocycles. The third-order valence-corrected chi connectivity index (χ3v) is 3.96. The van der Waals surface area contributed by atoms with E-state index in [0.717, 1.165) is 0 Å². The average Bonchev–Trinajstić information content (AvgIpc) is 2.95. The van der Waals surface area contributed by atoms with Gasteiger partial charge in [0.25, 0.3) is 10.0 Å². The van der Waals surface area contributed by atoms with Crippen LogP contribution in [0, 0.1) is 6.92 Å². The lowest BCUT2D eigenvalue weighted by molar-refractivity contribution is 0.597. The first-order chi connectivity index (χ1) is 8.97. The van der Waals surface area contributed by atoms with Gasteiger partial charge in [0.1, 0.15) is 11.6 Å². The number of nitrogens with two attached hydrogens (primary N) is 1. The fraction of sp³-hybridized carbons (Fsp3) is 0.400. The van der Waals surface area contributed by atoms with Gasteiger partial charge in [-0.25, -0.2) is 4.98 Å². The van der Waals surface area contributed by atoms with Gasteiger partial charge >= 0.3 is 0 Å². The first kappa shape index (κ1) is 13.6. The van der Waals surface area contributed by atoms with Crippen molar-refractivity contribution in [2.24, 2.45) is 5.73 Å². The Labute approximate surface area is 111 Å². The summed E-state index contributed by atoms with van der Waals surface area (Å²) >= 11 is 0. The van der Waals surface area contributed by atoms with Gasteiger partial charge in [-0.05, 0) is 13.8 Å². The summed E-state index contributed by atoms with van der Waals surface area (Å²) in [5.41, 5.74) is 6.08. The SMILES string of the molecule is CCn1cc(S(=O)(=O)Nc2[nH]ncc2CN)nc1C. The van der Waals surface area contributed by atoms with Crippen LogP contribution >= 0.6 is 0 Å². The van der Waals surface area contributed by atoms with Gasteiger partial charge in [-0.15, -0.1) is 0 Å². The summed E-state index contributed by atoms with van der Waals surface area (Å²) in [7, 11) is -3.74. The van der Waals surface area contributed by atoms with Crippen LogP contribution in [0.25, 0.3) is 0 Å². The summed E-state index contributed by atoms with van der Waals surface area (Å²) in [5, 5.41) is 6.29. The minimum Gasteiger partial charge on any atom is -0.334 e. The van der Waals surface area contributed by atoms with E-state index in [1.165, 1.54) is 12.4 Å². The van der Waals surface area contributed by atoms with E-state index in [0.29, 0.717) is 17.9 Å². The zero-order valence-electron chi connectivity index (χ0n) is 10.7. The Morgan fingerprint density at radius 2 is 2.26 bits per heavy atom. The maximum atomic E-state index is 12.2. The van der Waals surface area contributed by atoms with E-state index in [1.807, 2.05) is 6.92 Å². The van der Waals surface area contributed by atoms with Crippen LogP contribution in [0.5, 0.6) is 0 Å². The van der Waals surface area contributed by atoms with E-state index in [1.54, 1.807) is 11.5 Å². The summed E-state index contributed by atoms with van der Waals surface area (Å²) in [6.07, 6.45) is 2.98. The van der Waals surface area contributed by atoms with E-state index in [4.69, 9.17) is 5.73 Å². The number of imidazole rings is 1. The number of sulfonamides is 1. The molecule has 2 aromatic rings. The number of rotatable bonds is 5. The average molecular weight is 284 g/mol. The Kier molecular flexibility index (Phi) is 3.58. The fourth-order valence-electron chi connectivity index (χ4n) is 1.67. The molecule has 0 spiro atoms. The lowest BCUT2D eigenvalue weighted by Gasteiger charge is -2.04. The van der Waals surface area contributed by atoms with Crippen molar-refractivity contribution >= 4 is 15.8 Å². The predicted octanol–water partition coefficient (Wildman–Crippen LogP) is 0.194. The normalized spacial score (nSPS) is 11.7. The standard InChI is InChI=1S/C10H16N6O2S/c1-3-16-6-9(13-7(16)2)19(17,18)15-10-8(4-11)5-12-14-10/h5-6H,3-4,11H2,1-2H3,(H2,12,14,15). The Morgan fingerprint density at radius 3 is 2.84 bits per heavy atom. The molecular formula is C10H16N6O2S. The van der Waals surface area contributed by atoms with E-state index < -0.39 is 10.0 Å². The van der Waals surface area contributed by atoms with Crippen LogP contribution in [0.4, 0.5) is 5.82 Å². The molecule has 0 aliphatic rings. The molecule has 0 saturated heterocycles. The van der Waals surface area contributed by atoms with Crippen LogP contribution < -0.4 is 10.5 Å². The van der Waals surface area contributed by atoms with Crippen molar-refractivity contribution in [2.45, 2.75) is 32.0 Å². The third-order valence-electron chi connectivity index (χ3n) is 2.74. The zero-order chi connectivity index (χ0) is 14.0. The Morgan fingerprint density at radius 1 is 1.53 bits per heavy atom. The molecule has 0 aliphatic carbocycles. The maximum absolute atomic E-state index is 12.2. The zero-order valence-corrected chi connectivity index (χ0v) is 11.5. The van der Waals surface area contributed by atoms with Crippen LogP contribution in [0.2, 0.25) is 0 Å². The number of hydrogen-bond donors (Lipinski definition) is 3. The molecule has 0 saturated carbocycles. The Hall–Kier alpha value is -1.87. The number of aromatic nitrogens is 4. The van der Waals surface area contributed by atoms with Gasteiger partial charge < -0.3 is 10.3 Å². The fourth-order valence-corrected chi connectivity index (χ4v) is 2.74. The smallest absolute Gasteiger partial charge is 0.282 e. The van der Waals surface area contributed by atoms with E-state index in [-0.39, 0.29) is 17.4 Å². The monoisotopic (exact) mass is 284 g/mol. The largest absolute Gasteiger partial charge is 0.334 e. The van der Waals surface area contributed by atoms with Crippen molar-refractivity contribution in [1.29, 1.82) is 0 Å². The van der Waals surface area contributed by atoms with E-state index >= 15 is 0 Å². The molecule has 0 radical (unpaired) electrons. The second-order valence-corrected chi connectivity index (χ2v) is 5.62. The molecule has 2 heterocycles. The highest BCUT2D eigenvalue weighted by Crippen LogP contribution is 2.16. The number of H-pyrrole nitrogens is 1. The van der Waals surface area contributed by atoms with Gasteiger partial charge in [0.2, 0.25) is 0 Å². The summed E-state index contributed by atoms with van der Waals surface area (Å²) in [6, 6.07) is 0. The quantitative estimate of drug-likeness (QED) is 0.724. The van der Waals surface area contributed by atoms with Gasteiger partial charge in [-0.1, -0.05) is 0 Å².